The lowest BCUT2D eigenvalue weighted by atomic mass is 10.1. The summed E-state index contributed by atoms with van der Waals surface area (Å²) in [5, 5.41) is 17.6. The molecule has 0 amide bonds. The number of hydrogen-bond acceptors (Lipinski definition) is 2. The maximum absolute atomic E-state index is 12.9. The third-order valence-corrected chi connectivity index (χ3v) is 1.63. The molecule has 0 saturated heterocycles. The van der Waals surface area contributed by atoms with Crippen molar-refractivity contribution in [1.29, 1.82) is 0 Å². The van der Waals surface area contributed by atoms with Gasteiger partial charge in [0.1, 0.15) is 5.82 Å². The zero-order valence-electron chi connectivity index (χ0n) is 6.77. The first-order valence-corrected chi connectivity index (χ1v) is 3.75. The molecule has 70 valence electrons. The highest BCUT2D eigenvalue weighted by molar-refractivity contribution is 5.67. The molecule has 0 aromatic heterocycles. The van der Waals surface area contributed by atoms with Crippen LogP contribution in [0.5, 0.6) is 0 Å². The van der Waals surface area contributed by atoms with Crippen LogP contribution in [0.2, 0.25) is 0 Å². The topological polar surface area (TPSA) is 57.5 Å². The van der Waals surface area contributed by atoms with Gasteiger partial charge >= 0.3 is 5.97 Å². The standard InChI is InChI=1S/C9H9FO3/c10-7-4-2-1-3-6(7)8(11)5-9(12)13/h1-4,8,11H,5H2,(H,12,13). The number of aliphatic hydroxyl groups excluding tert-OH is 1. The van der Waals surface area contributed by atoms with Crippen LogP contribution in [-0.2, 0) is 4.79 Å². The summed E-state index contributed by atoms with van der Waals surface area (Å²) < 4.78 is 12.9. The molecule has 0 radical (unpaired) electrons. The van der Waals surface area contributed by atoms with Gasteiger partial charge in [-0.2, -0.15) is 0 Å². The van der Waals surface area contributed by atoms with E-state index in [0.717, 1.165) is 0 Å². The van der Waals surface area contributed by atoms with Gasteiger partial charge in [0.2, 0.25) is 0 Å². The zero-order valence-corrected chi connectivity index (χ0v) is 6.77. The molecule has 1 rings (SSSR count). The number of halogens is 1. The summed E-state index contributed by atoms with van der Waals surface area (Å²) in [6.45, 7) is 0. The first-order chi connectivity index (χ1) is 6.11. The maximum atomic E-state index is 12.9. The summed E-state index contributed by atoms with van der Waals surface area (Å²) in [4.78, 5) is 10.2. The minimum Gasteiger partial charge on any atom is -0.481 e. The maximum Gasteiger partial charge on any atom is 0.306 e. The Hall–Kier alpha value is -1.42. The molecular weight excluding hydrogens is 175 g/mol. The van der Waals surface area contributed by atoms with Crippen molar-refractivity contribution in [3.8, 4) is 0 Å². The monoisotopic (exact) mass is 184 g/mol. The predicted molar refractivity (Wildman–Crippen MR) is 43.6 cm³/mol. The summed E-state index contributed by atoms with van der Waals surface area (Å²) in [6.07, 6.45) is -1.76. The molecule has 1 aromatic rings. The number of carboxylic acid groups (broad SMARTS) is 1. The fourth-order valence-electron chi connectivity index (χ4n) is 1.02. The van der Waals surface area contributed by atoms with Crippen molar-refractivity contribution in [3.63, 3.8) is 0 Å². The van der Waals surface area contributed by atoms with Gasteiger partial charge in [-0.05, 0) is 6.07 Å². The molecular formula is C9H9FO3. The van der Waals surface area contributed by atoms with E-state index in [0.29, 0.717) is 0 Å². The zero-order chi connectivity index (χ0) is 9.84. The van der Waals surface area contributed by atoms with E-state index in [9.17, 15) is 14.3 Å². The highest BCUT2D eigenvalue weighted by Gasteiger charge is 2.14. The second kappa shape index (κ2) is 4.00. The summed E-state index contributed by atoms with van der Waals surface area (Å²) in [5.74, 6) is -1.74. The Kier molecular flexibility index (Phi) is 2.97. The van der Waals surface area contributed by atoms with Crippen LogP contribution < -0.4 is 0 Å². The average molecular weight is 184 g/mol. The van der Waals surface area contributed by atoms with Gasteiger partial charge in [0.05, 0.1) is 12.5 Å². The molecule has 0 spiro atoms. The van der Waals surface area contributed by atoms with Gasteiger partial charge < -0.3 is 10.2 Å². The Morgan fingerprint density at radius 1 is 1.46 bits per heavy atom. The van der Waals surface area contributed by atoms with Crippen molar-refractivity contribution >= 4 is 5.97 Å². The van der Waals surface area contributed by atoms with Gasteiger partial charge in [0, 0.05) is 5.56 Å². The number of hydrogen-bond donors (Lipinski definition) is 2. The van der Waals surface area contributed by atoms with Crippen molar-refractivity contribution in [2.45, 2.75) is 12.5 Å². The Labute approximate surface area is 74.4 Å². The lowest BCUT2D eigenvalue weighted by molar-refractivity contribution is -0.139. The molecule has 0 bridgehead atoms. The first-order valence-electron chi connectivity index (χ1n) is 3.75. The predicted octanol–water partition coefficient (Wildman–Crippen LogP) is 1.33. The van der Waals surface area contributed by atoms with E-state index in [4.69, 9.17) is 5.11 Å². The minimum atomic E-state index is -1.28. The molecule has 0 fully saturated rings. The second-order valence-electron chi connectivity index (χ2n) is 2.64. The van der Waals surface area contributed by atoms with Crippen molar-refractivity contribution in [2.24, 2.45) is 0 Å². The molecule has 0 aliphatic heterocycles. The van der Waals surface area contributed by atoms with E-state index in [1.807, 2.05) is 0 Å². The van der Waals surface area contributed by atoms with Gasteiger partial charge in [-0.15, -0.1) is 0 Å². The van der Waals surface area contributed by atoms with Crippen molar-refractivity contribution in [3.05, 3.63) is 35.6 Å². The Balaban J connectivity index is 2.82. The van der Waals surface area contributed by atoms with Crippen LogP contribution in [0.25, 0.3) is 0 Å². The van der Waals surface area contributed by atoms with Crippen molar-refractivity contribution < 1.29 is 19.4 Å². The number of benzene rings is 1. The largest absolute Gasteiger partial charge is 0.481 e. The van der Waals surface area contributed by atoms with Crippen LogP contribution in [0, 0.1) is 5.82 Å². The van der Waals surface area contributed by atoms with E-state index in [1.54, 1.807) is 6.07 Å². The SMILES string of the molecule is O=C(O)CC(O)c1ccccc1F. The molecule has 0 heterocycles. The number of aliphatic carboxylic acids is 1. The summed E-state index contributed by atoms with van der Waals surface area (Å²) in [7, 11) is 0. The third-order valence-electron chi connectivity index (χ3n) is 1.63. The summed E-state index contributed by atoms with van der Waals surface area (Å²) in [6, 6.07) is 5.57. The number of aliphatic hydroxyl groups is 1. The molecule has 4 heteroatoms. The number of rotatable bonds is 3. The van der Waals surface area contributed by atoms with Crippen molar-refractivity contribution in [1.82, 2.24) is 0 Å². The molecule has 0 aliphatic carbocycles. The Bertz CT molecular complexity index is 311. The fraction of sp³-hybridized carbons (Fsp3) is 0.222. The van der Waals surface area contributed by atoms with Crippen LogP contribution in [0.1, 0.15) is 18.1 Å². The highest BCUT2D eigenvalue weighted by Crippen LogP contribution is 2.19. The molecule has 3 nitrogen and oxygen atoms in total. The van der Waals surface area contributed by atoms with Gasteiger partial charge in [-0.1, -0.05) is 18.2 Å². The molecule has 1 unspecified atom stereocenters. The molecule has 1 aromatic carbocycles. The van der Waals surface area contributed by atoms with Gasteiger partial charge in [-0.3, -0.25) is 4.79 Å². The first kappa shape index (κ1) is 9.67. The average Bonchev–Trinajstić information content (AvgIpc) is 2.03. The van der Waals surface area contributed by atoms with E-state index < -0.39 is 24.3 Å². The van der Waals surface area contributed by atoms with Gasteiger partial charge in [-0.25, -0.2) is 4.39 Å². The summed E-state index contributed by atoms with van der Waals surface area (Å²) in [5.41, 5.74) is 0.0184. The highest BCUT2D eigenvalue weighted by atomic mass is 19.1. The third kappa shape index (κ3) is 2.52. The summed E-state index contributed by atoms with van der Waals surface area (Å²) >= 11 is 0. The van der Waals surface area contributed by atoms with Crippen LogP contribution in [0.3, 0.4) is 0 Å². The Morgan fingerprint density at radius 2 is 2.08 bits per heavy atom. The number of carbonyl (C=O) groups is 1. The fourth-order valence-corrected chi connectivity index (χ4v) is 1.02. The second-order valence-corrected chi connectivity index (χ2v) is 2.64. The molecule has 0 saturated carbocycles. The van der Waals surface area contributed by atoms with E-state index in [-0.39, 0.29) is 5.56 Å². The minimum absolute atomic E-state index is 0.0184. The lowest BCUT2D eigenvalue weighted by Gasteiger charge is -2.08. The van der Waals surface area contributed by atoms with Gasteiger partial charge in [0.25, 0.3) is 0 Å². The van der Waals surface area contributed by atoms with Crippen LogP contribution in [-0.4, -0.2) is 16.2 Å². The van der Waals surface area contributed by atoms with Crippen LogP contribution >= 0.6 is 0 Å². The van der Waals surface area contributed by atoms with E-state index in [2.05, 4.69) is 0 Å². The van der Waals surface area contributed by atoms with Crippen LogP contribution in [0.15, 0.2) is 24.3 Å². The molecule has 2 N–H and O–H groups in total. The van der Waals surface area contributed by atoms with Gasteiger partial charge in [0.15, 0.2) is 0 Å². The normalized spacial score (nSPS) is 12.5. The molecule has 13 heavy (non-hydrogen) atoms. The van der Waals surface area contributed by atoms with Crippen LogP contribution in [0.4, 0.5) is 4.39 Å². The van der Waals surface area contributed by atoms with E-state index >= 15 is 0 Å². The quantitative estimate of drug-likeness (QED) is 0.745. The Morgan fingerprint density at radius 3 is 2.62 bits per heavy atom. The number of carboxylic acids is 1. The van der Waals surface area contributed by atoms with E-state index in [1.165, 1.54) is 18.2 Å². The molecule has 0 aliphatic rings. The lowest BCUT2D eigenvalue weighted by Crippen LogP contribution is -2.06. The smallest absolute Gasteiger partial charge is 0.306 e. The van der Waals surface area contributed by atoms with Crippen molar-refractivity contribution in [2.75, 3.05) is 0 Å². The molecule has 1 atom stereocenters.